The van der Waals surface area contributed by atoms with Crippen molar-refractivity contribution in [2.45, 2.75) is 26.4 Å². The van der Waals surface area contributed by atoms with Gasteiger partial charge in [0.2, 0.25) is 0 Å². The van der Waals surface area contributed by atoms with Crippen LogP contribution in [0, 0.1) is 11.3 Å². The third-order valence-electron chi connectivity index (χ3n) is 3.57. The van der Waals surface area contributed by atoms with Crippen molar-refractivity contribution in [2.75, 3.05) is 10.7 Å². The van der Waals surface area contributed by atoms with Gasteiger partial charge in [-0.3, -0.25) is 0 Å². The summed E-state index contributed by atoms with van der Waals surface area (Å²) < 4.78 is 38.1. The second-order valence-corrected chi connectivity index (χ2v) is 6.28. The van der Waals surface area contributed by atoms with Crippen LogP contribution in [0.4, 0.5) is 13.2 Å². The van der Waals surface area contributed by atoms with Crippen LogP contribution in [0.1, 0.15) is 25.0 Å². The molecule has 1 aromatic rings. The zero-order chi connectivity index (χ0) is 14.7. The summed E-state index contributed by atoms with van der Waals surface area (Å²) in [6, 6.07) is 5.61. The lowest BCUT2D eigenvalue weighted by Crippen LogP contribution is -2.33. The number of benzene rings is 1. The molecule has 0 fully saturated rings. The maximum atomic E-state index is 12.7. The van der Waals surface area contributed by atoms with Crippen LogP contribution in [0.15, 0.2) is 24.3 Å². The molecule has 0 aromatic heterocycles. The Bertz CT molecular complexity index is 409. The molecule has 0 radical (unpaired) electrons. The van der Waals surface area contributed by atoms with E-state index in [0.29, 0.717) is 12.3 Å². The molecule has 108 valence electrons. The molecule has 1 aromatic carbocycles. The van der Waals surface area contributed by atoms with Crippen molar-refractivity contribution in [1.82, 2.24) is 0 Å². The molecule has 1 rings (SSSR count). The van der Waals surface area contributed by atoms with E-state index in [0.717, 1.165) is 22.3 Å². The number of alkyl halides is 5. The summed E-state index contributed by atoms with van der Waals surface area (Å²) in [6.07, 6.45) is -3.66. The normalized spacial score (nSPS) is 13.1. The summed E-state index contributed by atoms with van der Waals surface area (Å²) in [7, 11) is 0. The van der Waals surface area contributed by atoms with Crippen molar-refractivity contribution in [1.29, 1.82) is 0 Å². The molecule has 0 aliphatic carbocycles. The van der Waals surface area contributed by atoms with Gasteiger partial charge in [-0.15, -0.1) is 0 Å². The summed E-state index contributed by atoms with van der Waals surface area (Å²) in [5.41, 5.74) is 0.0683. The summed E-state index contributed by atoms with van der Waals surface area (Å²) >= 11 is 6.99. The van der Waals surface area contributed by atoms with E-state index >= 15 is 0 Å². The van der Waals surface area contributed by atoms with Crippen LogP contribution >= 0.6 is 31.9 Å². The molecule has 0 saturated heterocycles. The molecule has 0 unspecified atom stereocenters. The minimum Gasteiger partial charge on any atom is -0.166 e. The minimum atomic E-state index is -4.28. The largest absolute Gasteiger partial charge is 0.416 e. The van der Waals surface area contributed by atoms with Crippen LogP contribution in [-0.2, 0) is 12.6 Å². The molecule has 0 heterocycles. The summed E-state index contributed by atoms with van der Waals surface area (Å²) in [6.45, 7) is 4.19. The smallest absolute Gasteiger partial charge is 0.166 e. The van der Waals surface area contributed by atoms with Crippen molar-refractivity contribution >= 4 is 31.9 Å². The van der Waals surface area contributed by atoms with Gasteiger partial charge in [-0.1, -0.05) is 63.9 Å². The lowest BCUT2D eigenvalue weighted by molar-refractivity contribution is -0.137. The Labute approximate surface area is 129 Å². The minimum absolute atomic E-state index is 0.0791. The molecule has 0 aliphatic heterocycles. The molecule has 0 bridgehead atoms. The first kappa shape index (κ1) is 17.0. The van der Waals surface area contributed by atoms with Gasteiger partial charge in [-0.25, -0.2) is 0 Å². The summed E-state index contributed by atoms with van der Waals surface area (Å²) in [5, 5.41) is 1.50. The third kappa shape index (κ3) is 4.22. The molecule has 0 atom stereocenters. The van der Waals surface area contributed by atoms with Gasteiger partial charge in [0, 0.05) is 10.7 Å². The fraction of sp³-hybridized carbons (Fsp3) is 0.571. The highest BCUT2D eigenvalue weighted by Gasteiger charge is 2.34. The molecule has 0 N–H and O–H groups in total. The van der Waals surface area contributed by atoms with E-state index in [1.165, 1.54) is 12.1 Å². The Morgan fingerprint density at radius 2 is 1.68 bits per heavy atom. The van der Waals surface area contributed by atoms with Gasteiger partial charge in [-0.2, -0.15) is 13.2 Å². The number of halogens is 5. The van der Waals surface area contributed by atoms with Gasteiger partial charge in [0.05, 0.1) is 5.56 Å². The Hall–Kier alpha value is -0.0300. The van der Waals surface area contributed by atoms with Gasteiger partial charge in [0.1, 0.15) is 0 Å². The topological polar surface area (TPSA) is 0 Å². The Kier molecular flexibility index (Phi) is 5.93. The van der Waals surface area contributed by atoms with Gasteiger partial charge < -0.3 is 0 Å². The molecule has 0 amide bonds. The highest BCUT2D eigenvalue weighted by molar-refractivity contribution is 9.09. The Balaban J connectivity index is 3.05. The second-order valence-electron chi connectivity index (χ2n) is 5.16. The fourth-order valence-corrected chi connectivity index (χ4v) is 4.53. The van der Waals surface area contributed by atoms with Crippen molar-refractivity contribution in [3.63, 3.8) is 0 Å². The zero-order valence-corrected chi connectivity index (χ0v) is 14.1. The first-order valence-corrected chi connectivity index (χ1v) is 8.27. The Morgan fingerprint density at radius 1 is 1.11 bits per heavy atom. The van der Waals surface area contributed by atoms with Crippen molar-refractivity contribution in [3.8, 4) is 0 Å². The monoisotopic (exact) mass is 400 g/mol. The molecular weight excluding hydrogens is 385 g/mol. The average Bonchev–Trinajstić information content (AvgIpc) is 2.35. The summed E-state index contributed by atoms with van der Waals surface area (Å²) in [5.74, 6) is 0.362. The SMILES string of the molecule is CC(C)C(CBr)(CBr)Cc1cccc(C(F)(F)F)c1. The molecular formula is C14H17Br2F3. The fourth-order valence-electron chi connectivity index (χ4n) is 1.91. The number of rotatable bonds is 5. The molecule has 0 saturated carbocycles. The predicted molar refractivity (Wildman–Crippen MR) is 80.0 cm³/mol. The van der Waals surface area contributed by atoms with Crippen LogP contribution in [0.3, 0.4) is 0 Å². The summed E-state index contributed by atoms with van der Waals surface area (Å²) in [4.78, 5) is 0. The molecule has 19 heavy (non-hydrogen) atoms. The highest BCUT2D eigenvalue weighted by atomic mass is 79.9. The third-order valence-corrected chi connectivity index (χ3v) is 5.80. The predicted octanol–water partition coefficient (Wildman–Crippen LogP) is 5.68. The standard InChI is InChI=1S/C14H17Br2F3/c1-10(2)13(8-15,9-16)7-11-4-3-5-12(6-11)14(17,18)19/h3-6,10H,7-9H2,1-2H3. The van der Waals surface area contributed by atoms with Gasteiger partial charge in [0.15, 0.2) is 0 Å². The van der Waals surface area contributed by atoms with E-state index in [2.05, 4.69) is 45.7 Å². The molecule has 0 aliphatic rings. The van der Waals surface area contributed by atoms with Gasteiger partial charge in [-0.05, 0) is 29.4 Å². The van der Waals surface area contributed by atoms with Crippen LogP contribution in [0.25, 0.3) is 0 Å². The number of hydrogen-bond donors (Lipinski definition) is 0. The molecule has 5 heteroatoms. The van der Waals surface area contributed by atoms with Crippen molar-refractivity contribution in [2.24, 2.45) is 11.3 Å². The quantitative estimate of drug-likeness (QED) is 0.556. The van der Waals surface area contributed by atoms with Crippen LogP contribution in [0.2, 0.25) is 0 Å². The maximum absolute atomic E-state index is 12.7. The zero-order valence-electron chi connectivity index (χ0n) is 10.9. The maximum Gasteiger partial charge on any atom is 0.416 e. The average molecular weight is 402 g/mol. The Morgan fingerprint density at radius 3 is 2.11 bits per heavy atom. The van der Waals surface area contributed by atoms with E-state index in [1.54, 1.807) is 6.07 Å². The van der Waals surface area contributed by atoms with Crippen LogP contribution < -0.4 is 0 Å². The van der Waals surface area contributed by atoms with Gasteiger partial charge >= 0.3 is 6.18 Å². The lowest BCUT2D eigenvalue weighted by atomic mass is 9.76. The van der Waals surface area contributed by atoms with Crippen molar-refractivity contribution in [3.05, 3.63) is 35.4 Å². The first-order valence-electron chi connectivity index (χ1n) is 6.03. The lowest BCUT2D eigenvalue weighted by Gasteiger charge is -2.34. The van der Waals surface area contributed by atoms with E-state index in [4.69, 9.17) is 0 Å². The second kappa shape index (κ2) is 6.61. The molecule has 0 spiro atoms. The first-order chi connectivity index (χ1) is 8.75. The van der Waals surface area contributed by atoms with Crippen molar-refractivity contribution < 1.29 is 13.2 Å². The van der Waals surface area contributed by atoms with Gasteiger partial charge in [0.25, 0.3) is 0 Å². The molecule has 0 nitrogen and oxygen atoms in total. The van der Waals surface area contributed by atoms with E-state index < -0.39 is 11.7 Å². The van der Waals surface area contributed by atoms with Crippen LogP contribution in [-0.4, -0.2) is 10.7 Å². The van der Waals surface area contributed by atoms with E-state index in [1.807, 2.05) is 0 Å². The van der Waals surface area contributed by atoms with Crippen LogP contribution in [0.5, 0.6) is 0 Å². The van der Waals surface area contributed by atoms with E-state index in [-0.39, 0.29) is 5.41 Å². The highest BCUT2D eigenvalue weighted by Crippen LogP contribution is 2.37. The van der Waals surface area contributed by atoms with E-state index in [9.17, 15) is 13.2 Å². The number of hydrogen-bond acceptors (Lipinski definition) is 0.